The average Bonchev–Trinajstić information content (AvgIpc) is 2.96. The highest BCUT2D eigenvalue weighted by atomic mass is 35.5. The van der Waals surface area contributed by atoms with Gasteiger partial charge in [0.25, 0.3) is 0 Å². The van der Waals surface area contributed by atoms with E-state index in [0.29, 0.717) is 22.2 Å². The third-order valence-corrected chi connectivity index (χ3v) is 3.55. The van der Waals surface area contributed by atoms with Crippen LogP contribution in [0.4, 0.5) is 0 Å². The summed E-state index contributed by atoms with van der Waals surface area (Å²) in [5, 5.41) is 9.90. The van der Waals surface area contributed by atoms with Crippen molar-refractivity contribution in [3.05, 3.63) is 58.9 Å². The van der Waals surface area contributed by atoms with Crippen molar-refractivity contribution in [2.24, 2.45) is 0 Å². The van der Waals surface area contributed by atoms with Crippen LogP contribution in [-0.2, 0) is 0 Å². The minimum absolute atomic E-state index is 0.442. The van der Waals surface area contributed by atoms with Crippen LogP contribution in [-0.4, -0.2) is 17.1 Å². The number of fused-ring (bicyclic) bond motifs is 1. The van der Waals surface area contributed by atoms with Crippen molar-refractivity contribution in [1.29, 1.82) is 5.26 Å². The predicted octanol–water partition coefficient (Wildman–Crippen LogP) is 4.29. The second kappa shape index (κ2) is 5.92. The zero-order chi connectivity index (χ0) is 15.5. The Bertz CT molecular complexity index is 873. The van der Waals surface area contributed by atoms with E-state index in [9.17, 15) is 5.26 Å². The molecule has 1 aromatic heterocycles. The number of nitrogens with one attached hydrogen (secondary N) is 1. The SMILES string of the molecule is COc1ccc(/C=C(/C#N)c2nc3ccccc3[nH]2)cc1Cl. The lowest BCUT2D eigenvalue weighted by Crippen LogP contribution is -1.87. The average molecular weight is 310 g/mol. The normalized spacial score (nSPS) is 11.4. The molecule has 2 aromatic carbocycles. The number of allylic oxidation sites excluding steroid dienone is 1. The van der Waals surface area contributed by atoms with Gasteiger partial charge in [-0.25, -0.2) is 4.98 Å². The van der Waals surface area contributed by atoms with Crippen molar-refractivity contribution < 1.29 is 4.74 Å². The van der Waals surface area contributed by atoms with Crippen LogP contribution >= 0.6 is 11.6 Å². The molecule has 0 spiro atoms. The minimum atomic E-state index is 0.442. The summed E-state index contributed by atoms with van der Waals surface area (Å²) in [6.45, 7) is 0. The largest absolute Gasteiger partial charge is 0.495 e. The van der Waals surface area contributed by atoms with Crippen molar-refractivity contribution in [2.75, 3.05) is 7.11 Å². The number of benzene rings is 2. The number of hydrogen-bond donors (Lipinski definition) is 1. The Morgan fingerprint density at radius 1 is 1.32 bits per heavy atom. The van der Waals surface area contributed by atoms with Gasteiger partial charge in [0.1, 0.15) is 17.6 Å². The molecule has 3 rings (SSSR count). The van der Waals surface area contributed by atoms with Gasteiger partial charge >= 0.3 is 0 Å². The lowest BCUT2D eigenvalue weighted by molar-refractivity contribution is 0.415. The Hall–Kier alpha value is -2.77. The molecule has 4 nitrogen and oxygen atoms in total. The molecule has 0 fully saturated rings. The molecule has 108 valence electrons. The summed E-state index contributed by atoms with van der Waals surface area (Å²) < 4.78 is 5.12. The molecule has 5 heteroatoms. The number of halogens is 1. The maximum atomic E-state index is 9.40. The van der Waals surface area contributed by atoms with E-state index in [2.05, 4.69) is 16.0 Å². The quantitative estimate of drug-likeness (QED) is 0.734. The lowest BCUT2D eigenvalue weighted by atomic mass is 10.1. The molecule has 1 N–H and O–H groups in total. The summed E-state index contributed by atoms with van der Waals surface area (Å²) in [7, 11) is 1.56. The second-order valence-corrected chi connectivity index (χ2v) is 5.07. The number of rotatable bonds is 3. The fraction of sp³-hybridized carbons (Fsp3) is 0.0588. The minimum Gasteiger partial charge on any atom is -0.495 e. The fourth-order valence-electron chi connectivity index (χ4n) is 2.17. The van der Waals surface area contributed by atoms with Crippen LogP contribution in [0.15, 0.2) is 42.5 Å². The zero-order valence-electron chi connectivity index (χ0n) is 11.8. The molecule has 0 unspecified atom stereocenters. The molecule has 22 heavy (non-hydrogen) atoms. The van der Waals surface area contributed by atoms with Gasteiger partial charge in [-0.05, 0) is 35.9 Å². The van der Waals surface area contributed by atoms with E-state index in [1.807, 2.05) is 30.3 Å². The molecule has 1 heterocycles. The highest BCUT2D eigenvalue weighted by Crippen LogP contribution is 2.27. The molecule has 0 atom stereocenters. The third kappa shape index (κ3) is 2.67. The molecule has 0 amide bonds. The summed E-state index contributed by atoms with van der Waals surface area (Å²) in [4.78, 5) is 7.58. The van der Waals surface area contributed by atoms with Gasteiger partial charge in [0.2, 0.25) is 0 Å². The van der Waals surface area contributed by atoms with Crippen molar-refractivity contribution in [3.8, 4) is 11.8 Å². The first kappa shape index (κ1) is 14.2. The Kier molecular flexibility index (Phi) is 3.82. The number of ether oxygens (including phenoxy) is 1. The van der Waals surface area contributed by atoms with E-state index in [4.69, 9.17) is 16.3 Å². The van der Waals surface area contributed by atoms with Crippen LogP contribution in [0.5, 0.6) is 5.75 Å². The van der Waals surface area contributed by atoms with Gasteiger partial charge in [-0.3, -0.25) is 0 Å². The number of hydrogen-bond acceptors (Lipinski definition) is 3. The number of nitriles is 1. The van der Waals surface area contributed by atoms with E-state index in [1.165, 1.54) is 0 Å². The molecular weight excluding hydrogens is 298 g/mol. The van der Waals surface area contributed by atoms with Crippen molar-refractivity contribution >= 4 is 34.3 Å². The van der Waals surface area contributed by atoms with Crippen LogP contribution in [0.25, 0.3) is 22.7 Å². The van der Waals surface area contributed by atoms with Gasteiger partial charge in [0.05, 0.1) is 28.7 Å². The molecule has 0 aliphatic rings. The first-order chi connectivity index (χ1) is 10.7. The molecular formula is C17H12ClN3O. The van der Waals surface area contributed by atoms with E-state index in [-0.39, 0.29) is 0 Å². The standard InChI is InChI=1S/C17H12ClN3O/c1-22-16-7-6-11(9-13(16)18)8-12(10-19)17-20-14-4-2-3-5-15(14)21-17/h2-9H,1H3,(H,20,21)/b12-8-. The van der Waals surface area contributed by atoms with Gasteiger partial charge in [-0.15, -0.1) is 0 Å². The molecule has 3 aromatic rings. The van der Waals surface area contributed by atoms with Crippen LogP contribution in [0.2, 0.25) is 5.02 Å². The summed E-state index contributed by atoms with van der Waals surface area (Å²) in [5.41, 5.74) is 2.97. The van der Waals surface area contributed by atoms with Crippen molar-refractivity contribution in [3.63, 3.8) is 0 Å². The van der Waals surface area contributed by atoms with Gasteiger partial charge in [-0.1, -0.05) is 29.8 Å². The Morgan fingerprint density at radius 3 is 2.82 bits per heavy atom. The topological polar surface area (TPSA) is 61.7 Å². The first-order valence-electron chi connectivity index (χ1n) is 6.61. The van der Waals surface area contributed by atoms with Crippen molar-refractivity contribution in [1.82, 2.24) is 9.97 Å². The number of para-hydroxylation sites is 2. The van der Waals surface area contributed by atoms with E-state index in [0.717, 1.165) is 16.6 Å². The first-order valence-corrected chi connectivity index (χ1v) is 6.99. The number of aromatic nitrogens is 2. The van der Waals surface area contributed by atoms with Gasteiger partial charge in [-0.2, -0.15) is 5.26 Å². The molecule has 0 radical (unpaired) electrons. The van der Waals surface area contributed by atoms with Gasteiger partial charge < -0.3 is 9.72 Å². The van der Waals surface area contributed by atoms with Gasteiger partial charge in [0.15, 0.2) is 0 Å². The van der Waals surface area contributed by atoms with Crippen LogP contribution in [0, 0.1) is 11.3 Å². The van der Waals surface area contributed by atoms with Crippen LogP contribution < -0.4 is 4.74 Å². The maximum Gasteiger partial charge on any atom is 0.149 e. The summed E-state index contributed by atoms with van der Waals surface area (Å²) in [6.07, 6.45) is 1.74. The Morgan fingerprint density at radius 2 is 2.14 bits per heavy atom. The number of methoxy groups -OCH3 is 1. The number of aromatic amines is 1. The van der Waals surface area contributed by atoms with E-state index in [1.54, 1.807) is 25.3 Å². The molecule has 0 saturated heterocycles. The van der Waals surface area contributed by atoms with E-state index >= 15 is 0 Å². The molecule has 0 aliphatic carbocycles. The van der Waals surface area contributed by atoms with Crippen molar-refractivity contribution in [2.45, 2.75) is 0 Å². The van der Waals surface area contributed by atoms with Gasteiger partial charge in [0, 0.05) is 0 Å². The number of H-pyrrole nitrogens is 1. The Balaban J connectivity index is 2.03. The lowest BCUT2D eigenvalue weighted by Gasteiger charge is -2.03. The number of imidazole rings is 1. The molecule has 0 aliphatic heterocycles. The van der Waals surface area contributed by atoms with E-state index < -0.39 is 0 Å². The number of nitrogens with zero attached hydrogens (tertiary/aromatic N) is 2. The van der Waals surface area contributed by atoms with Crippen LogP contribution in [0.3, 0.4) is 0 Å². The highest BCUT2D eigenvalue weighted by Gasteiger charge is 2.08. The monoisotopic (exact) mass is 309 g/mol. The predicted molar refractivity (Wildman–Crippen MR) is 87.6 cm³/mol. The summed E-state index contributed by atoms with van der Waals surface area (Å²) >= 11 is 6.11. The maximum absolute atomic E-state index is 9.40. The zero-order valence-corrected chi connectivity index (χ0v) is 12.6. The summed E-state index contributed by atoms with van der Waals surface area (Å²) in [5.74, 6) is 1.14. The van der Waals surface area contributed by atoms with Crippen LogP contribution in [0.1, 0.15) is 11.4 Å². The summed E-state index contributed by atoms with van der Waals surface area (Å²) in [6, 6.07) is 15.2. The smallest absolute Gasteiger partial charge is 0.149 e. The second-order valence-electron chi connectivity index (χ2n) is 4.67. The Labute approximate surface area is 132 Å². The molecule has 0 saturated carbocycles. The molecule has 0 bridgehead atoms. The fourth-order valence-corrected chi connectivity index (χ4v) is 2.44. The third-order valence-electron chi connectivity index (χ3n) is 3.25. The highest BCUT2D eigenvalue weighted by molar-refractivity contribution is 6.32.